The molecule has 0 saturated heterocycles. The number of ether oxygens (including phenoxy) is 3. The van der Waals surface area contributed by atoms with Crippen molar-refractivity contribution in [1.82, 2.24) is 4.98 Å². The summed E-state index contributed by atoms with van der Waals surface area (Å²) in [7, 11) is 1.55. The number of rotatable bonds is 3. The maximum absolute atomic E-state index is 12.2. The molecule has 0 radical (unpaired) electrons. The minimum atomic E-state index is -0.529. The lowest BCUT2D eigenvalue weighted by Crippen LogP contribution is -2.15. The van der Waals surface area contributed by atoms with Crippen LogP contribution >= 0.6 is 0 Å². The number of methoxy groups -OCH3 is 1. The van der Waals surface area contributed by atoms with Gasteiger partial charge in [0.2, 0.25) is 5.88 Å². The molecule has 1 aliphatic heterocycles. The highest BCUT2D eigenvalue weighted by Gasteiger charge is 2.18. The fourth-order valence-corrected chi connectivity index (χ4v) is 2.69. The first-order valence-electron chi connectivity index (χ1n) is 7.90. The number of aromatic hydroxyl groups is 1. The molecule has 26 heavy (non-hydrogen) atoms. The fraction of sp³-hybridized carbons (Fsp3) is 0.167. The average Bonchev–Trinajstić information content (AvgIpc) is 2.98. The molecular weight excluding hydrogens is 338 g/mol. The van der Waals surface area contributed by atoms with Gasteiger partial charge < -0.3 is 24.3 Å². The van der Waals surface area contributed by atoms with Crippen LogP contribution < -0.4 is 14.2 Å². The predicted octanol–water partition coefficient (Wildman–Crippen LogP) is 3.58. The number of amides is 1. The number of hydrogen-bond acceptors (Lipinski definition) is 6. The van der Waals surface area contributed by atoms with Gasteiger partial charge in [-0.3, -0.25) is 4.79 Å². The number of nitrogens with zero attached hydrogens (tertiary/aromatic N) is 2. The fourth-order valence-electron chi connectivity index (χ4n) is 2.69. The number of carbonyl (C=O) groups excluding carboxylic acids is 1. The number of azo groups is 1. The summed E-state index contributed by atoms with van der Waals surface area (Å²) in [5.41, 5.74) is 1.14. The van der Waals surface area contributed by atoms with E-state index in [1.807, 2.05) is 0 Å². The number of aromatic amines is 1. The monoisotopic (exact) mass is 353 g/mol. The van der Waals surface area contributed by atoms with Crippen LogP contribution in [-0.4, -0.2) is 36.3 Å². The van der Waals surface area contributed by atoms with Crippen molar-refractivity contribution in [1.29, 1.82) is 0 Å². The Morgan fingerprint density at radius 3 is 2.54 bits per heavy atom. The first-order valence-corrected chi connectivity index (χ1v) is 7.90. The first-order chi connectivity index (χ1) is 12.7. The Balaban J connectivity index is 1.66. The molecule has 2 heterocycles. The summed E-state index contributed by atoms with van der Waals surface area (Å²) in [5, 5.41) is 18.3. The normalized spacial score (nSPS) is 13.3. The lowest BCUT2D eigenvalue weighted by Gasteiger charge is -2.17. The Labute approximate surface area is 148 Å². The quantitative estimate of drug-likeness (QED) is 0.700. The maximum atomic E-state index is 12.2. The number of fused-ring (bicyclic) bond motifs is 2. The molecule has 0 bridgehead atoms. The molecule has 1 amide bonds. The van der Waals surface area contributed by atoms with Gasteiger partial charge >= 0.3 is 0 Å². The van der Waals surface area contributed by atoms with E-state index in [0.29, 0.717) is 46.9 Å². The van der Waals surface area contributed by atoms with E-state index in [9.17, 15) is 9.90 Å². The van der Waals surface area contributed by atoms with Crippen LogP contribution in [0, 0.1) is 0 Å². The van der Waals surface area contributed by atoms with Gasteiger partial charge in [0.15, 0.2) is 17.2 Å². The molecule has 0 saturated carbocycles. The van der Waals surface area contributed by atoms with Crippen molar-refractivity contribution in [3.8, 4) is 23.1 Å². The van der Waals surface area contributed by atoms with Gasteiger partial charge in [0.25, 0.3) is 5.91 Å². The summed E-state index contributed by atoms with van der Waals surface area (Å²) in [4.78, 5) is 15.0. The first kappa shape index (κ1) is 15.9. The molecule has 0 spiro atoms. The second kappa shape index (κ2) is 6.40. The van der Waals surface area contributed by atoms with Crippen molar-refractivity contribution in [3.63, 3.8) is 0 Å². The molecule has 0 fully saturated rings. The van der Waals surface area contributed by atoms with Crippen LogP contribution in [0.2, 0.25) is 0 Å². The van der Waals surface area contributed by atoms with E-state index in [2.05, 4.69) is 15.2 Å². The van der Waals surface area contributed by atoms with E-state index in [1.165, 1.54) is 0 Å². The minimum Gasteiger partial charge on any atom is -0.497 e. The topological polar surface area (TPSA) is 106 Å². The summed E-state index contributed by atoms with van der Waals surface area (Å²) in [6.45, 7) is 0.913. The van der Waals surface area contributed by atoms with Gasteiger partial charge in [-0.15, -0.1) is 10.2 Å². The molecule has 8 heteroatoms. The van der Waals surface area contributed by atoms with Gasteiger partial charge in [-0.05, 0) is 30.3 Å². The smallest absolute Gasteiger partial charge is 0.295 e. The van der Waals surface area contributed by atoms with E-state index in [0.717, 1.165) is 0 Å². The van der Waals surface area contributed by atoms with Crippen molar-refractivity contribution in [2.75, 3.05) is 20.3 Å². The molecule has 0 unspecified atom stereocenters. The van der Waals surface area contributed by atoms with Crippen molar-refractivity contribution in [2.45, 2.75) is 0 Å². The summed E-state index contributed by atoms with van der Waals surface area (Å²) in [5.74, 6) is 1.07. The Kier molecular flexibility index (Phi) is 3.92. The third-order valence-electron chi connectivity index (χ3n) is 3.99. The highest BCUT2D eigenvalue weighted by atomic mass is 16.6. The Hall–Kier alpha value is -3.55. The summed E-state index contributed by atoms with van der Waals surface area (Å²) in [6, 6.07) is 9.93. The largest absolute Gasteiger partial charge is 0.497 e. The second-order valence-electron chi connectivity index (χ2n) is 5.60. The van der Waals surface area contributed by atoms with Crippen LogP contribution in [0.4, 0.5) is 5.69 Å². The SMILES string of the molecule is COc1ccc(C(=O)N=Nc2c(O)[nH]c3cc4c(cc23)OCCO4)cc1. The lowest BCUT2D eigenvalue weighted by atomic mass is 10.2. The van der Waals surface area contributed by atoms with Crippen LogP contribution in [-0.2, 0) is 0 Å². The zero-order valence-electron chi connectivity index (χ0n) is 13.9. The van der Waals surface area contributed by atoms with Gasteiger partial charge in [0.1, 0.15) is 19.0 Å². The third-order valence-corrected chi connectivity index (χ3v) is 3.99. The van der Waals surface area contributed by atoms with Crippen LogP contribution in [0.1, 0.15) is 10.4 Å². The minimum absolute atomic E-state index is 0.166. The molecular formula is C18H15N3O5. The van der Waals surface area contributed by atoms with Gasteiger partial charge in [-0.25, -0.2) is 0 Å². The Morgan fingerprint density at radius 1 is 1.15 bits per heavy atom. The van der Waals surface area contributed by atoms with Crippen LogP contribution in [0.15, 0.2) is 46.6 Å². The molecule has 2 N–H and O–H groups in total. The average molecular weight is 353 g/mol. The van der Waals surface area contributed by atoms with Crippen molar-refractivity contribution in [3.05, 3.63) is 42.0 Å². The summed E-state index contributed by atoms with van der Waals surface area (Å²) < 4.78 is 16.1. The molecule has 2 aromatic carbocycles. The highest BCUT2D eigenvalue weighted by Crippen LogP contribution is 2.42. The highest BCUT2D eigenvalue weighted by molar-refractivity contribution is 5.98. The number of H-pyrrole nitrogens is 1. The number of carbonyl (C=O) groups is 1. The molecule has 1 aliphatic rings. The molecule has 8 nitrogen and oxygen atoms in total. The lowest BCUT2D eigenvalue weighted by molar-refractivity contribution is 0.0995. The molecule has 0 atom stereocenters. The van der Waals surface area contributed by atoms with Gasteiger partial charge in [0.05, 0.1) is 12.6 Å². The molecule has 3 aromatic rings. The molecule has 1 aromatic heterocycles. The van der Waals surface area contributed by atoms with Gasteiger partial charge in [-0.2, -0.15) is 0 Å². The standard InChI is InChI=1S/C18H15N3O5/c1-24-11-4-2-10(3-5-11)17(22)21-20-16-12-8-14-15(26-7-6-25-14)9-13(12)19-18(16)23/h2-5,8-9,19,23H,6-7H2,1H3. The Bertz CT molecular complexity index is 1010. The molecule has 132 valence electrons. The van der Waals surface area contributed by atoms with E-state index < -0.39 is 5.91 Å². The van der Waals surface area contributed by atoms with Gasteiger partial charge in [0, 0.05) is 17.0 Å². The summed E-state index contributed by atoms with van der Waals surface area (Å²) in [6.07, 6.45) is 0. The number of aromatic nitrogens is 1. The van der Waals surface area contributed by atoms with Crippen molar-refractivity contribution < 1.29 is 24.1 Å². The van der Waals surface area contributed by atoms with Gasteiger partial charge in [-0.1, -0.05) is 0 Å². The third kappa shape index (κ3) is 2.81. The van der Waals surface area contributed by atoms with E-state index in [-0.39, 0.29) is 11.6 Å². The predicted molar refractivity (Wildman–Crippen MR) is 92.8 cm³/mol. The van der Waals surface area contributed by atoms with E-state index in [4.69, 9.17) is 14.2 Å². The number of hydrogen-bond donors (Lipinski definition) is 2. The zero-order valence-corrected chi connectivity index (χ0v) is 13.9. The molecule has 0 aliphatic carbocycles. The number of benzene rings is 2. The zero-order chi connectivity index (χ0) is 18.1. The number of nitrogens with one attached hydrogen (secondary N) is 1. The maximum Gasteiger partial charge on any atom is 0.295 e. The second-order valence-corrected chi connectivity index (χ2v) is 5.60. The van der Waals surface area contributed by atoms with Crippen molar-refractivity contribution >= 4 is 22.5 Å². The van der Waals surface area contributed by atoms with E-state index >= 15 is 0 Å². The van der Waals surface area contributed by atoms with Crippen LogP contribution in [0.3, 0.4) is 0 Å². The summed E-state index contributed by atoms with van der Waals surface area (Å²) >= 11 is 0. The van der Waals surface area contributed by atoms with Crippen LogP contribution in [0.25, 0.3) is 10.9 Å². The van der Waals surface area contributed by atoms with Crippen LogP contribution in [0.5, 0.6) is 23.1 Å². The van der Waals surface area contributed by atoms with E-state index in [1.54, 1.807) is 43.5 Å². The molecule has 4 rings (SSSR count). The Morgan fingerprint density at radius 2 is 1.85 bits per heavy atom. The van der Waals surface area contributed by atoms with Crippen molar-refractivity contribution in [2.24, 2.45) is 10.2 Å².